The Bertz CT molecular complexity index is 1340. The van der Waals surface area contributed by atoms with Gasteiger partial charge in [0.1, 0.15) is 0 Å². The van der Waals surface area contributed by atoms with E-state index < -0.39 is 17.6 Å². The molecule has 4 rings (SSSR count). The Kier molecular flexibility index (Phi) is 9.78. The number of anilines is 2. The van der Waals surface area contributed by atoms with Gasteiger partial charge in [0.25, 0.3) is 12.4 Å². The molecule has 0 spiro atoms. The molecule has 10 heteroatoms. The number of likely N-dealkylation sites (tertiary alicyclic amines) is 1. The van der Waals surface area contributed by atoms with E-state index in [-0.39, 0.29) is 24.8 Å². The first-order valence-electron chi connectivity index (χ1n) is 13.4. The molecule has 1 amide bonds. The highest BCUT2D eigenvalue weighted by Crippen LogP contribution is 2.30. The number of ether oxygens (including phenoxy) is 1. The molecule has 1 saturated heterocycles. The summed E-state index contributed by atoms with van der Waals surface area (Å²) in [6, 6.07) is 16.0. The molecule has 3 aromatic rings. The molecule has 0 unspecified atom stereocenters. The van der Waals surface area contributed by atoms with Crippen LogP contribution in [-0.2, 0) is 27.0 Å². The smallest absolute Gasteiger partial charge is 0.416 e. The average molecular weight is 567 g/mol. The lowest BCUT2D eigenvalue weighted by atomic mass is 10.00. The van der Waals surface area contributed by atoms with Crippen molar-refractivity contribution in [3.8, 4) is 0 Å². The van der Waals surface area contributed by atoms with Crippen LogP contribution in [0.1, 0.15) is 43.4 Å². The summed E-state index contributed by atoms with van der Waals surface area (Å²) in [5, 5.41) is 3.32. The number of alkyl halides is 3. The van der Waals surface area contributed by atoms with Crippen LogP contribution in [0.2, 0.25) is 0 Å². The highest BCUT2D eigenvalue weighted by molar-refractivity contribution is 5.97. The molecule has 1 aliphatic rings. The van der Waals surface area contributed by atoms with Gasteiger partial charge in [0.2, 0.25) is 0 Å². The van der Waals surface area contributed by atoms with Crippen LogP contribution < -0.4 is 5.32 Å². The molecule has 2 aromatic carbocycles. The van der Waals surface area contributed by atoms with Crippen LogP contribution in [-0.4, -0.2) is 52.3 Å². The Balaban J connectivity index is 1.62. The fraction of sp³-hybridized carbons (Fsp3) is 0.323. The molecule has 0 saturated carbocycles. The highest BCUT2D eigenvalue weighted by atomic mass is 19.4. The Morgan fingerprint density at radius 3 is 2.37 bits per heavy atom. The normalized spacial score (nSPS) is 15.0. The molecule has 0 radical (unpaired) electrons. The summed E-state index contributed by atoms with van der Waals surface area (Å²) in [6.07, 6.45) is 1.65. The van der Waals surface area contributed by atoms with Crippen molar-refractivity contribution in [2.45, 2.75) is 51.5 Å². The molecule has 1 aliphatic heterocycles. The van der Waals surface area contributed by atoms with Crippen molar-refractivity contribution in [3.63, 3.8) is 0 Å². The third-order valence-electron chi connectivity index (χ3n) is 7.10. The van der Waals surface area contributed by atoms with Crippen molar-refractivity contribution >= 4 is 29.8 Å². The maximum absolute atomic E-state index is 13.9. The van der Waals surface area contributed by atoms with E-state index in [9.17, 15) is 22.8 Å². The summed E-state index contributed by atoms with van der Waals surface area (Å²) >= 11 is 0. The van der Waals surface area contributed by atoms with Gasteiger partial charge in [-0.3, -0.25) is 14.6 Å². The largest absolute Gasteiger partial charge is 0.423 e. The van der Waals surface area contributed by atoms with Gasteiger partial charge in [0.15, 0.2) is 5.76 Å². The molecule has 0 bridgehead atoms. The second-order valence-corrected chi connectivity index (χ2v) is 10.2. The van der Waals surface area contributed by atoms with Gasteiger partial charge >= 0.3 is 6.18 Å². The van der Waals surface area contributed by atoms with Gasteiger partial charge in [-0.05, 0) is 80.3 Å². The summed E-state index contributed by atoms with van der Waals surface area (Å²) in [4.78, 5) is 33.4. The van der Waals surface area contributed by atoms with Gasteiger partial charge in [-0.25, -0.2) is 0 Å². The van der Waals surface area contributed by atoms with Gasteiger partial charge in [0.05, 0.1) is 5.56 Å². The zero-order valence-corrected chi connectivity index (χ0v) is 23.0. The number of aromatic nitrogens is 1. The molecule has 1 N–H and O–H groups in total. The van der Waals surface area contributed by atoms with E-state index in [1.54, 1.807) is 17.3 Å². The number of halogens is 3. The number of carbonyl (C=O) groups excluding carboxylic acids is 2. The molecule has 216 valence electrons. The van der Waals surface area contributed by atoms with Crippen molar-refractivity contribution in [3.05, 3.63) is 95.5 Å². The maximum Gasteiger partial charge on any atom is 0.416 e. The van der Waals surface area contributed by atoms with Crippen molar-refractivity contribution in [1.82, 2.24) is 14.8 Å². The SMILES string of the molecule is CC(C)N1CCC(N(Cc2cccc(Nc3ccncc3)c2)C(=O)/C(=C\c2ccc(C(F)(F)F)cc2)OC=O)CC1. The minimum Gasteiger partial charge on any atom is -0.423 e. The Hall–Kier alpha value is -4.18. The lowest BCUT2D eigenvalue weighted by Crippen LogP contribution is -2.49. The topological polar surface area (TPSA) is 74.8 Å². The lowest BCUT2D eigenvalue weighted by molar-refractivity contribution is -0.139. The van der Waals surface area contributed by atoms with Crippen LogP contribution in [0.3, 0.4) is 0 Å². The van der Waals surface area contributed by atoms with Crippen LogP contribution >= 0.6 is 0 Å². The molecule has 1 fully saturated rings. The first-order valence-corrected chi connectivity index (χ1v) is 13.4. The number of nitrogens with zero attached hydrogens (tertiary/aromatic N) is 3. The van der Waals surface area contributed by atoms with Gasteiger partial charge < -0.3 is 19.9 Å². The van der Waals surface area contributed by atoms with E-state index in [1.807, 2.05) is 36.4 Å². The molecular formula is C31H33F3N4O3. The van der Waals surface area contributed by atoms with Crippen LogP contribution in [0.25, 0.3) is 6.08 Å². The minimum absolute atomic E-state index is 0.124. The number of amides is 1. The first kappa shape index (κ1) is 29.8. The van der Waals surface area contributed by atoms with Crippen molar-refractivity contribution in [2.24, 2.45) is 0 Å². The summed E-state index contributed by atoms with van der Waals surface area (Å²) in [5.41, 5.74) is 2.07. The minimum atomic E-state index is -4.48. The van der Waals surface area contributed by atoms with Crippen LogP contribution in [0.15, 0.2) is 78.8 Å². The fourth-order valence-corrected chi connectivity index (χ4v) is 4.89. The monoisotopic (exact) mass is 566 g/mol. The Morgan fingerprint density at radius 2 is 1.76 bits per heavy atom. The number of benzene rings is 2. The van der Waals surface area contributed by atoms with Crippen LogP contribution in [0.4, 0.5) is 24.5 Å². The average Bonchev–Trinajstić information content (AvgIpc) is 2.96. The predicted octanol–water partition coefficient (Wildman–Crippen LogP) is 6.26. The van der Waals surface area contributed by atoms with E-state index in [0.29, 0.717) is 11.6 Å². The number of hydrogen-bond donors (Lipinski definition) is 1. The molecule has 2 heterocycles. The molecule has 41 heavy (non-hydrogen) atoms. The zero-order chi connectivity index (χ0) is 29.4. The van der Waals surface area contributed by atoms with Gasteiger partial charge in [-0.15, -0.1) is 0 Å². The third-order valence-corrected chi connectivity index (χ3v) is 7.10. The van der Waals surface area contributed by atoms with Crippen LogP contribution in [0.5, 0.6) is 0 Å². The Morgan fingerprint density at radius 1 is 1.07 bits per heavy atom. The van der Waals surface area contributed by atoms with Crippen molar-refractivity contribution in [1.29, 1.82) is 0 Å². The highest BCUT2D eigenvalue weighted by Gasteiger charge is 2.32. The van der Waals surface area contributed by atoms with E-state index in [1.165, 1.54) is 18.2 Å². The summed E-state index contributed by atoms with van der Waals surface area (Å²) < 4.78 is 44.2. The van der Waals surface area contributed by atoms with E-state index in [4.69, 9.17) is 4.74 Å². The zero-order valence-electron chi connectivity index (χ0n) is 23.0. The lowest BCUT2D eigenvalue weighted by Gasteiger charge is -2.40. The van der Waals surface area contributed by atoms with Crippen LogP contribution in [0, 0.1) is 0 Å². The van der Waals surface area contributed by atoms with Gasteiger partial charge in [-0.1, -0.05) is 24.3 Å². The number of piperidine rings is 1. The quantitative estimate of drug-likeness (QED) is 0.177. The van der Waals surface area contributed by atoms with E-state index in [2.05, 4.69) is 29.0 Å². The van der Waals surface area contributed by atoms with E-state index >= 15 is 0 Å². The third kappa shape index (κ3) is 8.17. The molecule has 0 aliphatic carbocycles. The molecular weight excluding hydrogens is 533 g/mol. The molecule has 7 nitrogen and oxygen atoms in total. The van der Waals surface area contributed by atoms with E-state index in [0.717, 1.165) is 55.0 Å². The molecule has 1 aromatic heterocycles. The summed E-state index contributed by atoms with van der Waals surface area (Å²) in [5.74, 6) is -0.760. The van der Waals surface area contributed by atoms with Gasteiger partial charge in [-0.2, -0.15) is 13.2 Å². The number of pyridine rings is 1. The van der Waals surface area contributed by atoms with Gasteiger partial charge in [0, 0.05) is 55.5 Å². The van der Waals surface area contributed by atoms with Crippen molar-refractivity contribution < 1.29 is 27.5 Å². The maximum atomic E-state index is 13.9. The number of hydrogen-bond acceptors (Lipinski definition) is 6. The number of nitrogens with one attached hydrogen (secondary N) is 1. The number of carbonyl (C=O) groups is 2. The number of rotatable bonds is 10. The standard InChI is InChI=1S/C31H33F3N4O3/c1-22(2)37-16-12-28(13-17-37)38(20-24-4-3-5-27(18-24)36-26-10-14-35-15-11-26)30(40)29(41-21-39)19-23-6-8-25(9-7-23)31(32,33)34/h3-11,14-15,18-19,21-22,28H,12-13,16-17,20H2,1-2H3,(H,35,36)/b29-19+. The van der Waals surface area contributed by atoms with Crippen molar-refractivity contribution in [2.75, 3.05) is 18.4 Å². The Labute approximate surface area is 237 Å². The first-order chi connectivity index (χ1) is 19.6. The fourth-order valence-electron chi connectivity index (χ4n) is 4.89. The molecule has 0 atom stereocenters. The summed E-state index contributed by atoms with van der Waals surface area (Å²) in [7, 11) is 0. The summed E-state index contributed by atoms with van der Waals surface area (Å²) in [6.45, 7) is 6.29. The second-order valence-electron chi connectivity index (χ2n) is 10.2. The predicted molar refractivity (Wildman–Crippen MR) is 151 cm³/mol. The second kappa shape index (κ2) is 13.5.